The number of hydrogen-bond acceptors (Lipinski definition) is 3. The summed E-state index contributed by atoms with van der Waals surface area (Å²) in [6.45, 7) is 3.47. The third kappa shape index (κ3) is 6.05. The number of nitrogens with zero attached hydrogens (tertiary/aromatic N) is 1. The van der Waals surface area contributed by atoms with Gasteiger partial charge in [-0.1, -0.05) is 30.3 Å². The van der Waals surface area contributed by atoms with Gasteiger partial charge in [0.05, 0.1) is 0 Å². The molecule has 1 aromatic rings. The van der Waals surface area contributed by atoms with Crippen molar-refractivity contribution in [1.29, 1.82) is 0 Å². The van der Waals surface area contributed by atoms with Gasteiger partial charge in [-0.15, -0.1) is 12.4 Å². The molecular weight excluding hydrogens is 264 g/mol. The predicted molar refractivity (Wildman–Crippen MR) is 79.5 cm³/mol. The van der Waals surface area contributed by atoms with Crippen LogP contribution < -0.4 is 5.73 Å². The number of carbonyl (C=O) groups excluding carboxylic acids is 1. The van der Waals surface area contributed by atoms with Crippen LogP contribution in [-0.4, -0.2) is 43.7 Å². The van der Waals surface area contributed by atoms with Gasteiger partial charge in [-0.25, -0.2) is 0 Å². The minimum Gasteiger partial charge on any atom is -0.372 e. The summed E-state index contributed by atoms with van der Waals surface area (Å²) in [7, 11) is 1.54. The number of hydrogen-bond donors (Lipinski definition) is 1. The van der Waals surface area contributed by atoms with E-state index in [4.69, 9.17) is 10.5 Å². The monoisotopic (exact) mass is 286 g/mol. The molecule has 19 heavy (non-hydrogen) atoms. The van der Waals surface area contributed by atoms with E-state index < -0.39 is 6.10 Å². The summed E-state index contributed by atoms with van der Waals surface area (Å²) in [6, 6.07) is 10.1. The Morgan fingerprint density at radius 3 is 2.47 bits per heavy atom. The Balaban J connectivity index is 0.00000324. The third-order valence-electron chi connectivity index (χ3n) is 2.93. The van der Waals surface area contributed by atoms with Crippen LogP contribution in [0.1, 0.15) is 12.5 Å². The van der Waals surface area contributed by atoms with Crippen LogP contribution in [0.4, 0.5) is 0 Å². The number of ether oxygens (including phenoxy) is 1. The molecule has 0 saturated carbocycles. The van der Waals surface area contributed by atoms with Gasteiger partial charge in [-0.2, -0.15) is 0 Å². The van der Waals surface area contributed by atoms with E-state index in [9.17, 15) is 4.79 Å². The predicted octanol–water partition coefficient (Wildman–Crippen LogP) is 1.47. The molecule has 1 rings (SSSR count). The first-order chi connectivity index (χ1) is 8.69. The summed E-state index contributed by atoms with van der Waals surface area (Å²) in [4.78, 5) is 13.8. The van der Waals surface area contributed by atoms with E-state index in [0.29, 0.717) is 19.6 Å². The molecule has 0 bridgehead atoms. The Morgan fingerprint density at radius 1 is 1.32 bits per heavy atom. The molecule has 0 spiro atoms. The second-order valence-corrected chi connectivity index (χ2v) is 4.23. The van der Waals surface area contributed by atoms with Crippen molar-refractivity contribution in [3.63, 3.8) is 0 Å². The average Bonchev–Trinajstić information content (AvgIpc) is 2.43. The highest BCUT2D eigenvalue weighted by Crippen LogP contribution is 2.04. The number of amides is 1. The fraction of sp³-hybridized carbons (Fsp3) is 0.500. The van der Waals surface area contributed by atoms with Crippen molar-refractivity contribution in [2.45, 2.75) is 19.4 Å². The number of nitrogens with two attached hydrogens (primary N) is 1. The van der Waals surface area contributed by atoms with Gasteiger partial charge in [0.25, 0.3) is 5.91 Å². The van der Waals surface area contributed by atoms with Crippen LogP contribution in [0, 0.1) is 0 Å². The molecule has 5 heteroatoms. The zero-order chi connectivity index (χ0) is 13.4. The maximum atomic E-state index is 12.0. The van der Waals surface area contributed by atoms with Crippen molar-refractivity contribution >= 4 is 18.3 Å². The number of halogens is 1. The quantitative estimate of drug-likeness (QED) is 0.826. The summed E-state index contributed by atoms with van der Waals surface area (Å²) in [5, 5.41) is 0. The third-order valence-corrected chi connectivity index (χ3v) is 2.93. The van der Waals surface area contributed by atoms with E-state index in [1.165, 1.54) is 5.56 Å². The van der Waals surface area contributed by atoms with Gasteiger partial charge in [0.1, 0.15) is 6.10 Å². The van der Waals surface area contributed by atoms with Crippen LogP contribution in [0.3, 0.4) is 0 Å². The summed E-state index contributed by atoms with van der Waals surface area (Å²) in [5.74, 6) is -0.00104. The average molecular weight is 287 g/mol. The number of carbonyl (C=O) groups is 1. The molecule has 108 valence electrons. The van der Waals surface area contributed by atoms with Crippen molar-refractivity contribution < 1.29 is 9.53 Å². The highest BCUT2D eigenvalue weighted by molar-refractivity contribution is 5.85. The molecule has 0 heterocycles. The van der Waals surface area contributed by atoms with Gasteiger partial charge in [0.2, 0.25) is 0 Å². The molecule has 0 radical (unpaired) electrons. The second-order valence-electron chi connectivity index (χ2n) is 4.23. The summed E-state index contributed by atoms with van der Waals surface area (Å²) in [6.07, 6.45) is 0.426. The van der Waals surface area contributed by atoms with E-state index >= 15 is 0 Å². The minimum atomic E-state index is -0.410. The van der Waals surface area contributed by atoms with E-state index in [-0.39, 0.29) is 18.3 Å². The molecule has 4 nitrogen and oxygen atoms in total. The van der Waals surface area contributed by atoms with Gasteiger partial charge in [0.15, 0.2) is 0 Å². The zero-order valence-corrected chi connectivity index (χ0v) is 12.4. The van der Waals surface area contributed by atoms with Gasteiger partial charge in [-0.3, -0.25) is 4.79 Å². The van der Waals surface area contributed by atoms with Crippen LogP contribution >= 0.6 is 12.4 Å². The molecule has 0 fully saturated rings. The van der Waals surface area contributed by atoms with E-state index in [2.05, 4.69) is 12.1 Å². The molecule has 0 aliphatic heterocycles. The maximum Gasteiger partial charge on any atom is 0.251 e. The van der Waals surface area contributed by atoms with Gasteiger partial charge in [0, 0.05) is 26.7 Å². The lowest BCUT2D eigenvalue weighted by Crippen LogP contribution is -2.42. The largest absolute Gasteiger partial charge is 0.372 e. The first-order valence-electron chi connectivity index (χ1n) is 6.24. The Bertz CT molecular complexity index is 360. The topological polar surface area (TPSA) is 55.6 Å². The van der Waals surface area contributed by atoms with Crippen LogP contribution in [-0.2, 0) is 16.0 Å². The fourth-order valence-corrected chi connectivity index (χ4v) is 1.75. The lowest BCUT2D eigenvalue weighted by Gasteiger charge is -2.24. The molecule has 1 unspecified atom stereocenters. The van der Waals surface area contributed by atoms with Gasteiger partial charge in [-0.05, 0) is 18.9 Å². The number of benzene rings is 1. The summed E-state index contributed by atoms with van der Waals surface area (Å²) >= 11 is 0. The van der Waals surface area contributed by atoms with E-state index in [1.807, 2.05) is 18.2 Å². The Labute approximate surface area is 121 Å². The molecule has 1 aromatic carbocycles. The maximum absolute atomic E-state index is 12.0. The standard InChI is InChI=1S/C14H22N2O2.ClH/c1-12(18-2)14(17)16(11-9-15)10-8-13-6-4-3-5-7-13;/h3-7,12H,8-11,15H2,1-2H3;1H. The first kappa shape index (κ1) is 17.9. The lowest BCUT2D eigenvalue weighted by atomic mass is 10.1. The summed E-state index contributed by atoms with van der Waals surface area (Å²) in [5.41, 5.74) is 6.76. The lowest BCUT2D eigenvalue weighted by molar-refractivity contribution is -0.140. The van der Waals surface area contributed by atoms with Crippen molar-refractivity contribution in [2.75, 3.05) is 26.7 Å². The van der Waals surface area contributed by atoms with E-state index in [1.54, 1.807) is 18.9 Å². The second kappa shape index (κ2) is 9.78. The van der Waals surface area contributed by atoms with Crippen LogP contribution in [0.25, 0.3) is 0 Å². The Kier molecular flexibility index (Phi) is 9.21. The Morgan fingerprint density at radius 2 is 1.95 bits per heavy atom. The van der Waals surface area contributed by atoms with Crippen molar-refractivity contribution in [3.05, 3.63) is 35.9 Å². The minimum absolute atomic E-state index is 0. The molecule has 1 atom stereocenters. The highest BCUT2D eigenvalue weighted by Gasteiger charge is 2.19. The summed E-state index contributed by atoms with van der Waals surface area (Å²) < 4.78 is 5.06. The SMILES string of the molecule is COC(C)C(=O)N(CCN)CCc1ccccc1.Cl. The van der Waals surface area contributed by atoms with Crippen molar-refractivity contribution in [3.8, 4) is 0 Å². The van der Waals surface area contributed by atoms with Crippen molar-refractivity contribution in [1.82, 2.24) is 4.90 Å². The van der Waals surface area contributed by atoms with Crippen LogP contribution in [0.15, 0.2) is 30.3 Å². The van der Waals surface area contributed by atoms with Crippen molar-refractivity contribution in [2.24, 2.45) is 5.73 Å². The number of rotatable bonds is 7. The number of methoxy groups -OCH3 is 1. The van der Waals surface area contributed by atoms with Gasteiger partial charge < -0.3 is 15.4 Å². The zero-order valence-electron chi connectivity index (χ0n) is 11.5. The van der Waals surface area contributed by atoms with Crippen LogP contribution in [0.2, 0.25) is 0 Å². The molecule has 2 N–H and O–H groups in total. The van der Waals surface area contributed by atoms with E-state index in [0.717, 1.165) is 6.42 Å². The fourth-order valence-electron chi connectivity index (χ4n) is 1.75. The molecular formula is C14H23ClN2O2. The molecule has 0 aliphatic rings. The first-order valence-corrected chi connectivity index (χ1v) is 6.24. The van der Waals surface area contributed by atoms with Crippen LogP contribution in [0.5, 0.6) is 0 Å². The molecule has 1 amide bonds. The smallest absolute Gasteiger partial charge is 0.251 e. The molecule has 0 saturated heterocycles. The normalized spacial score (nSPS) is 11.5. The Hall–Kier alpha value is -1.10. The van der Waals surface area contributed by atoms with Gasteiger partial charge >= 0.3 is 0 Å². The molecule has 0 aromatic heterocycles. The highest BCUT2D eigenvalue weighted by atomic mass is 35.5. The molecule has 0 aliphatic carbocycles.